The molecule has 5 rings (SSSR count). The molecule has 0 amide bonds. The zero-order chi connectivity index (χ0) is 37.6. The molecule has 0 spiro atoms. The van der Waals surface area contributed by atoms with Gasteiger partial charge in [0.1, 0.15) is 23.4 Å². The molecule has 2 unspecified atom stereocenters. The van der Waals surface area contributed by atoms with Gasteiger partial charge in [0, 0.05) is 23.2 Å². The van der Waals surface area contributed by atoms with Crippen LogP contribution in [0.1, 0.15) is 38.1 Å². The lowest BCUT2D eigenvalue weighted by Crippen LogP contribution is -2.45. The molecule has 0 aliphatic heterocycles. The number of aliphatic carboxylic acids is 2. The predicted molar refractivity (Wildman–Crippen MR) is 205 cm³/mol. The smallest absolute Gasteiger partial charge is 0.349 e. The second kappa shape index (κ2) is 20.5. The van der Waals surface area contributed by atoms with Gasteiger partial charge in [0.15, 0.2) is 0 Å². The van der Waals surface area contributed by atoms with Crippen molar-refractivity contribution in [1.82, 2.24) is 4.90 Å². The summed E-state index contributed by atoms with van der Waals surface area (Å²) in [6.07, 6.45) is -3.47. The number of benzene rings is 4. The lowest BCUT2D eigenvalue weighted by Gasteiger charge is -2.21. The van der Waals surface area contributed by atoms with Crippen molar-refractivity contribution in [2.45, 2.75) is 24.7 Å². The van der Waals surface area contributed by atoms with Crippen LogP contribution in [0.25, 0.3) is 10.8 Å². The molecule has 5 aromatic rings. The SMILES string of the molecule is CN(C)CC[C@H](Oc1cccc2ccccc12)c1cccs1.COc1ccc(C(=O)OC(C(=O)O)C(OC(=O)c2ccc(OC)cc2)C(=O)O)cc1.S. The summed E-state index contributed by atoms with van der Waals surface area (Å²) in [6, 6.07) is 29.9. The third-order valence-electron chi connectivity index (χ3n) is 7.60. The maximum absolute atomic E-state index is 12.2. The van der Waals surface area contributed by atoms with Crippen molar-refractivity contribution >= 4 is 59.5 Å². The Morgan fingerprint density at radius 1 is 0.679 bits per heavy atom. The van der Waals surface area contributed by atoms with Crippen LogP contribution in [0.3, 0.4) is 0 Å². The summed E-state index contributed by atoms with van der Waals surface area (Å²) in [5.41, 5.74) is -0.0969. The van der Waals surface area contributed by atoms with Gasteiger partial charge in [-0.25, -0.2) is 19.2 Å². The molecule has 0 aliphatic rings. The molecule has 0 saturated heterocycles. The Hall–Kier alpha value is -5.57. The maximum Gasteiger partial charge on any atom is 0.349 e. The van der Waals surface area contributed by atoms with Crippen molar-refractivity contribution in [3.8, 4) is 17.2 Å². The van der Waals surface area contributed by atoms with E-state index >= 15 is 0 Å². The van der Waals surface area contributed by atoms with E-state index in [1.807, 2.05) is 0 Å². The van der Waals surface area contributed by atoms with E-state index in [-0.39, 0.29) is 30.7 Å². The topological polar surface area (TPSA) is 158 Å². The number of hydrogen-bond donors (Lipinski definition) is 2. The highest BCUT2D eigenvalue weighted by Crippen LogP contribution is 2.33. The largest absolute Gasteiger partial charge is 0.497 e. The van der Waals surface area contributed by atoms with Gasteiger partial charge in [0.05, 0.1) is 25.3 Å². The number of ether oxygens (including phenoxy) is 5. The van der Waals surface area contributed by atoms with Gasteiger partial charge in [-0.05, 0) is 85.5 Å². The number of hydrogen-bond acceptors (Lipinski definition) is 11. The summed E-state index contributed by atoms with van der Waals surface area (Å²) in [5.74, 6) is -3.97. The van der Waals surface area contributed by atoms with Crippen molar-refractivity contribution in [2.24, 2.45) is 0 Å². The fourth-order valence-electron chi connectivity index (χ4n) is 4.87. The van der Waals surface area contributed by atoms with E-state index in [9.17, 15) is 29.4 Å². The summed E-state index contributed by atoms with van der Waals surface area (Å²) in [6.45, 7) is 1.01. The third kappa shape index (κ3) is 12.0. The third-order valence-corrected chi connectivity index (χ3v) is 8.56. The molecule has 1 heterocycles. The number of fused-ring (bicyclic) bond motifs is 1. The highest BCUT2D eigenvalue weighted by Gasteiger charge is 2.41. The Morgan fingerprint density at radius 3 is 1.64 bits per heavy atom. The maximum atomic E-state index is 12.2. The number of carboxylic acid groups (broad SMARTS) is 2. The van der Waals surface area contributed by atoms with Crippen molar-refractivity contribution in [3.63, 3.8) is 0 Å². The number of thiophene rings is 1. The van der Waals surface area contributed by atoms with E-state index in [0.717, 1.165) is 18.7 Å². The van der Waals surface area contributed by atoms with Crippen LogP contribution in [0.4, 0.5) is 0 Å². The van der Waals surface area contributed by atoms with Gasteiger partial charge in [-0.3, -0.25) is 0 Å². The quantitative estimate of drug-likeness (QED) is 0.109. The van der Waals surface area contributed by atoms with E-state index < -0.39 is 36.1 Å². The number of carbonyl (C=O) groups is 4. The normalized spacial score (nSPS) is 12.2. The van der Waals surface area contributed by atoms with E-state index in [1.165, 1.54) is 78.4 Å². The Balaban J connectivity index is 0.000000292. The Kier molecular flexibility index (Phi) is 16.2. The zero-order valence-corrected chi connectivity index (χ0v) is 31.3. The number of methoxy groups -OCH3 is 2. The van der Waals surface area contributed by atoms with E-state index in [1.54, 1.807) is 11.3 Å². The first kappa shape index (κ1) is 41.8. The number of esters is 2. The molecule has 3 atom stereocenters. The van der Waals surface area contributed by atoms with Crippen LogP contribution in [-0.2, 0) is 19.1 Å². The minimum atomic E-state index is -2.28. The Bertz CT molecular complexity index is 1850. The van der Waals surface area contributed by atoms with Crippen LogP contribution in [0.15, 0.2) is 109 Å². The predicted octanol–water partition coefficient (Wildman–Crippen LogP) is 6.71. The molecule has 2 N–H and O–H groups in total. The van der Waals surface area contributed by atoms with Crippen molar-refractivity contribution in [3.05, 3.63) is 125 Å². The fraction of sp³-hybridized carbons (Fsp3) is 0.231. The van der Waals surface area contributed by atoms with Crippen molar-refractivity contribution in [1.29, 1.82) is 0 Å². The van der Waals surface area contributed by atoms with Crippen molar-refractivity contribution in [2.75, 3.05) is 34.9 Å². The van der Waals surface area contributed by atoms with Crippen LogP contribution in [-0.4, -0.2) is 86.1 Å². The van der Waals surface area contributed by atoms with Gasteiger partial charge >= 0.3 is 23.9 Å². The van der Waals surface area contributed by atoms with Crippen LogP contribution in [0.2, 0.25) is 0 Å². The Morgan fingerprint density at radius 2 is 1.19 bits per heavy atom. The highest BCUT2D eigenvalue weighted by atomic mass is 32.1. The van der Waals surface area contributed by atoms with Gasteiger partial charge in [-0.15, -0.1) is 11.3 Å². The number of carboxylic acids is 2. The van der Waals surface area contributed by atoms with E-state index in [2.05, 4.69) is 79.0 Å². The number of nitrogens with zero attached hydrogens (tertiary/aromatic N) is 1. The summed E-state index contributed by atoms with van der Waals surface area (Å²) < 4.78 is 25.9. The minimum absolute atomic E-state index is 0. The van der Waals surface area contributed by atoms with Crippen LogP contribution >= 0.6 is 24.8 Å². The molecule has 53 heavy (non-hydrogen) atoms. The molecule has 1 aromatic heterocycles. The first-order valence-electron chi connectivity index (χ1n) is 16.0. The molecular formula is C39H41NO11S2. The molecule has 0 fully saturated rings. The molecule has 0 bridgehead atoms. The zero-order valence-electron chi connectivity index (χ0n) is 29.5. The summed E-state index contributed by atoms with van der Waals surface area (Å²) in [4.78, 5) is 51.1. The second-order valence-corrected chi connectivity index (χ2v) is 12.5. The fourth-order valence-corrected chi connectivity index (χ4v) is 5.65. The van der Waals surface area contributed by atoms with Gasteiger partial charge in [-0.2, -0.15) is 13.5 Å². The molecule has 0 aliphatic carbocycles. The van der Waals surface area contributed by atoms with Gasteiger partial charge in [-0.1, -0.05) is 42.5 Å². The molecular weight excluding hydrogens is 723 g/mol. The molecule has 0 radical (unpaired) electrons. The van der Waals surface area contributed by atoms with Crippen LogP contribution in [0, 0.1) is 0 Å². The molecule has 280 valence electrons. The highest BCUT2D eigenvalue weighted by molar-refractivity contribution is 7.59. The number of rotatable bonds is 15. The van der Waals surface area contributed by atoms with Crippen molar-refractivity contribution < 1.29 is 53.1 Å². The monoisotopic (exact) mass is 763 g/mol. The average Bonchev–Trinajstić information content (AvgIpc) is 3.70. The minimum Gasteiger partial charge on any atom is -0.497 e. The first-order chi connectivity index (χ1) is 25.0. The molecule has 14 heteroatoms. The van der Waals surface area contributed by atoms with Gasteiger partial charge in [0.25, 0.3) is 0 Å². The van der Waals surface area contributed by atoms with E-state index in [0.29, 0.717) is 11.5 Å². The lowest BCUT2D eigenvalue weighted by atomic mass is 10.1. The van der Waals surface area contributed by atoms with Gasteiger partial charge in [0.2, 0.25) is 12.2 Å². The second-order valence-electron chi connectivity index (χ2n) is 11.5. The van der Waals surface area contributed by atoms with Gasteiger partial charge < -0.3 is 38.8 Å². The summed E-state index contributed by atoms with van der Waals surface area (Å²) in [5, 5.41) is 23.2. The Labute approximate surface area is 317 Å². The molecule has 0 saturated carbocycles. The van der Waals surface area contributed by atoms with E-state index in [4.69, 9.17) is 23.7 Å². The molecule has 4 aromatic carbocycles. The first-order valence-corrected chi connectivity index (χ1v) is 16.9. The summed E-state index contributed by atoms with van der Waals surface area (Å²) >= 11 is 1.76. The van der Waals surface area contributed by atoms with Crippen LogP contribution in [0.5, 0.6) is 17.2 Å². The molecule has 12 nitrogen and oxygen atoms in total. The lowest BCUT2D eigenvalue weighted by molar-refractivity contribution is -0.166. The standard InChI is InChI=1S/C20H18O10.C19H21NOS.H2S/c1-27-13-7-3-11(4-8-13)19(25)29-15(17(21)22)16(18(23)24)30-20(26)12-5-9-14(28-2)10-6-12;1-20(2)13-12-18(19-11-6-14-22-19)21-17-10-5-8-15-7-3-4-9-16(15)17;/h3-10,15-16H,1-2H3,(H,21,22)(H,23,24);3-11,14,18H,12-13H2,1-2H3;1H2/t;18-;/m.0./s1. The van der Waals surface area contributed by atoms with Crippen LogP contribution < -0.4 is 14.2 Å². The summed E-state index contributed by atoms with van der Waals surface area (Å²) in [7, 11) is 7.04. The number of carbonyl (C=O) groups excluding carboxylic acids is 2. The average molecular weight is 764 g/mol.